The number of nitrogens with one attached hydrogen (secondary N) is 1. The zero-order valence-electron chi connectivity index (χ0n) is 7.87. The van der Waals surface area contributed by atoms with Gasteiger partial charge in [0.15, 0.2) is 0 Å². The summed E-state index contributed by atoms with van der Waals surface area (Å²) >= 11 is 11.7. The van der Waals surface area contributed by atoms with Crippen molar-refractivity contribution >= 4 is 50.0 Å². The second kappa shape index (κ2) is 4.60. The number of nitrogen functional groups attached to an aromatic ring is 1. The van der Waals surface area contributed by atoms with Gasteiger partial charge in [0.1, 0.15) is 5.82 Å². The topological polar surface area (TPSA) is 67.6 Å². The molecule has 7 heteroatoms. The standard InChI is InChI=1S/C9H6Br2N4S/c10-5-1-4(2-6(11)3-5)7-13-8(12)15-9(16)14-7/h1-3H,(H3,12,13,14,15,16). The zero-order valence-corrected chi connectivity index (χ0v) is 11.9. The fourth-order valence-corrected chi connectivity index (χ4v) is 2.71. The highest BCUT2D eigenvalue weighted by atomic mass is 79.9. The van der Waals surface area contributed by atoms with Crippen LogP contribution in [0, 0.1) is 4.77 Å². The number of halogens is 2. The van der Waals surface area contributed by atoms with E-state index in [0.717, 1.165) is 14.5 Å². The minimum Gasteiger partial charge on any atom is -0.369 e. The lowest BCUT2D eigenvalue weighted by Crippen LogP contribution is -1.99. The summed E-state index contributed by atoms with van der Waals surface area (Å²) in [7, 11) is 0. The quantitative estimate of drug-likeness (QED) is 0.764. The molecule has 4 nitrogen and oxygen atoms in total. The van der Waals surface area contributed by atoms with E-state index < -0.39 is 0 Å². The highest BCUT2D eigenvalue weighted by Gasteiger charge is 2.04. The van der Waals surface area contributed by atoms with Crippen molar-refractivity contribution in [2.45, 2.75) is 0 Å². The van der Waals surface area contributed by atoms with E-state index in [2.05, 4.69) is 46.8 Å². The molecule has 0 fully saturated rings. The predicted octanol–water partition coefficient (Wildman–Crippen LogP) is 3.31. The minimum absolute atomic E-state index is 0.224. The van der Waals surface area contributed by atoms with Crippen LogP contribution in [-0.2, 0) is 0 Å². The second-order valence-electron chi connectivity index (χ2n) is 3.02. The fourth-order valence-electron chi connectivity index (χ4n) is 1.23. The summed E-state index contributed by atoms with van der Waals surface area (Å²) < 4.78 is 2.10. The number of nitrogens with two attached hydrogens (primary N) is 1. The molecule has 1 aromatic carbocycles. The van der Waals surface area contributed by atoms with Crippen LogP contribution in [-0.4, -0.2) is 15.0 Å². The van der Waals surface area contributed by atoms with Gasteiger partial charge in [-0.05, 0) is 30.4 Å². The van der Waals surface area contributed by atoms with Gasteiger partial charge in [-0.1, -0.05) is 31.9 Å². The number of hydrogen-bond acceptors (Lipinski definition) is 4. The van der Waals surface area contributed by atoms with Crippen molar-refractivity contribution in [3.8, 4) is 11.4 Å². The molecule has 0 atom stereocenters. The smallest absolute Gasteiger partial charge is 0.224 e. The van der Waals surface area contributed by atoms with Crippen LogP contribution in [0.1, 0.15) is 0 Å². The van der Waals surface area contributed by atoms with Crippen molar-refractivity contribution in [3.05, 3.63) is 31.9 Å². The molecule has 2 aromatic rings. The first-order valence-corrected chi connectivity index (χ1v) is 6.24. The predicted molar refractivity (Wildman–Crippen MR) is 72.5 cm³/mol. The number of aromatic nitrogens is 3. The average molecular weight is 362 g/mol. The SMILES string of the molecule is Nc1nc(=S)nc(-c2cc(Br)cc(Br)c2)[nH]1. The van der Waals surface area contributed by atoms with Crippen LogP contribution in [0.15, 0.2) is 27.1 Å². The third-order valence-electron chi connectivity index (χ3n) is 1.81. The Kier molecular flexibility index (Phi) is 3.36. The molecule has 0 radical (unpaired) electrons. The van der Waals surface area contributed by atoms with Crippen molar-refractivity contribution in [1.82, 2.24) is 15.0 Å². The number of H-pyrrole nitrogens is 1. The van der Waals surface area contributed by atoms with Crippen LogP contribution >= 0.6 is 44.1 Å². The van der Waals surface area contributed by atoms with E-state index in [0.29, 0.717) is 5.82 Å². The summed E-state index contributed by atoms with van der Waals surface area (Å²) in [6, 6.07) is 5.76. The molecule has 16 heavy (non-hydrogen) atoms. The molecule has 0 aliphatic heterocycles. The summed E-state index contributed by atoms with van der Waals surface area (Å²) in [4.78, 5) is 10.8. The van der Waals surface area contributed by atoms with Gasteiger partial charge in [-0.15, -0.1) is 0 Å². The average Bonchev–Trinajstić information content (AvgIpc) is 2.14. The first-order valence-electron chi connectivity index (χ1n) is 4.25. The molecule has 0 unspecified atom stereocenters. The van der Waals surface area contributed by atoms with E-state index in [4.69, 9.17) is 18.0 Å². The van der Waals surface area contributed by atoms with Crippen molar-refractivity contribution < 1.29 is 0 Å². The Morgan fingerprint density at radius 3 is 2.31 bits per heavy atom. The number of benzene rings is 1. The lowest BCUT2D eigenvalue weighted by atomic mass is 10.2. The van der Waals surface area contributed by atoms with Crippen LogP contribution in [0.3, 0.4) is 0 Å². The Bertz CT molecular complexity index is 576. The molecule has 1 aromatic heterocycles. The summed E-state index contributed by atoms with van der Waals surface area (Å²) in [5.74, 6) is 0.852. The Balaban J connectivity index is 2.62. The normalized spacial score (nSPS) is 10.4. The van der Waals surface area contributed by atoms with E-state index in [-0.39, 0.29) is 10.7 Å². The third-order valence-corrected chi connectivity index (χ3v) is 2.90. The van der Waals surface area contributed by atoms with Crippen LogP contribution in [0.5, 0.6) is 0 Å². The van der Waals surface area contributed by atoms with Crippen LogP contribution in [0.25, 0.3) is 11.4 Å². The highest BCUT2D eigenvalue weighted by Crippen LogP contribution is 2.25. The molecular formula is C9H6Br2N4S. The van der Waals surface area contributed by atoms with Crippen LogP contribution in [0.2, 0.25) is 0 Å². The number of aromatic amines is 1. The van der Waals surface area contributed by atoms with Gasteiger partial charge in [0.25, 0.3) is 0 Å². The van der Waals surface area contributed by atoms with Crippen molar-refractivity contribution in [3.63, 3.8) is 0 Å². The molecule has 0 aliphatic carbocycles. The molecule has 82 valence electrons. The van der Waals surface area contributed by atoms with E-state index >= 15 is 0 Å². The Hall–Kier alpha value is -0.790. The monoisotopic (exact) mass is 360 g/mol. The fraction of sp³-hybridized carbons (Fsp3) is 0. The maximum Gasteiger partial charge on any atom is 0.224 e. The van der Waals surface area contributed by atoms with Gasteiger partial charge >= 0.3 is 0 Å². The summed E-state index contributed by atoms with van der Waals surface area (Å²) in [5.41, 5.74) is 6.45. The number of rotatable bonds is 1. The molecule has 1 heterocycles. The maximum absolute atomic E-state index is 5.58. The van der Waals surface area contributed by atoms with Gasteiger partial charge in [0, 0.05) is 14.5 Å². The zero-order chi connectivity index (χ0) is 11.7. The maximum atomic E-state index is 5.58. The molecule has 0 amide bonds. The van der Waals surface area contributed by atoms with Gasteiger partial charge in [0.05, 0.1) is 0 Å². The van der Waals surface area contributed by atoms with Gasteiger partial charge < -0.3 is 10.7 Å². The molecule has 0 aliphatic rings. The Morgan fingerprint density at radius 2 is 1.75 bits per heavy atom. The van der Waals surface area contributed by atoms with Gasteiger partial charge in [-0.2, -0.15) is 4.98 Å². The lowest BCUT2D eigenvalue weighted by Gasteiger charge is -2.03. The Labute approximate surface area is 114 Å². The van der Waals surface area contributed by atoms with Crippen LogP contribution in [0.4, 0.5) is 5.95 Å². The van der Waals surface area contributed by atoms with Gasteiger partial charge in [-0.3, -0.25) is 0 Å². The largest absolute Gasteiger partial charge is 0.369 e. The molecule has 0 saturated carbocycles. The van der Waals surface area contributed by atoms with Crippen molar-refractivity contribution in [1.29, 1.82) is 0 Å². The molecule has 0 bridgehead atoms. The van der Waals surface area contributed by atoms with Gasteiger partial charge in [0.2, 0.25) is 10.7 Å². The number of nitrogens with zero attached hydrogens (tertiary/aromatic N) is 2. The van der Waals surface area contributed by atoms with E-state index in [1.165, 1.54) is 0 Å². The van der Waals surface area contributed by atoms with E-state index in [1.807, 2.05) is 18.2 Å². The second-order valence-corrected chi connectivity index (χ2v) is 5.22. The van der Waals surface area contributed by atoms with Crippen molar-refractivity contribution in [2.75, 3.05) is 5.73 Å². The summed E-state index contributed by atoms with van der Waals surface area (Å²) in [6.07, 6.45) is 0. The van der Waals surface area contributed by atoms with Gasteiger partial charge in [-0.25, -0.2) is 4.98 Å². The molecule has 0 spiro atoms. The van der Waals surface area contributed by atoms with Crippen LogP contribution < -0.4 is 5.73 Å². The van der Waals surface area contributed by atoms with E-state index in [1.54, 1.807) is 0 Å². The first-order chi connectivity index (χ1) is 7.54. The lowest BCUT2D eigenvalue weighted by molar-refractivity contribution is 1.05. The van der Waals surface area contributed by atoms with Crippen molar-refractivity contribution in [2.24, 2.45) is 0 Å². The highest BCUT2D eigenvalue weighted by molar-refractivity contribution is 9.11. The molecule has 2 rings (SSSR count). The first kappa shape index (κ1) is 11.7. The molecular weight excluding hydrogens is 356 g/mol. The molecule has 0 saturated heterocycles. The summed E-state index contributed by atoms with van der Waals surface area (Å²) in [6.45, 7) is 0. The Morgan fingerprint density at radius 1 is 1.12 bits per heavy atom. The van der Waals surface area contributed by atoms with E-state index in [9.17, 15) is 0 Å². The minimum atomic E-state index is 0.224. The summed E-state index contributed by atoms with van der Waals surface area (Å²) in [5, 5.41) is 0. The number of anilines is 1. The third kappa shape index (κ3) is 2.66. The molecule has 3 N–H and O–H groups in total. The number of hydrogen-bond donors (Lipinski definition) is 2.